The number of hydrogen-bond acceptors (Lipinski definition) is 4. The van der Waals surface area contributed by atoms with Gasteiger partial charge in [0.1, 0.15) is 4.21 Å². The summed E-state index contributed by atoms with van der Waals surface area (Å²) in [5.41, 5.74) is 2.38. The fraction of sp³-hybridized carbons (Fsp3) is 0.214. The summed E-state index contributed by atoms with van der Waals surface area (Å²) in [5, 5.41) is 4.86. The lowest BCUT2D eigenvalue weighted by Gasteiger charge is -2.08. The van der Waals surface area contributed by atoms with E-state index < -0.39 is 16.1 Å². The minimum Gasteiger partial charge on any atom is -0.307 e. The van der Waals surface area contributed by atoms with E-state index in [1.165, 1.54) is 0 Å². The molecule has 1 heterocycles. The van der Waals surface area contributed by atoms with Gasteiger partial charge in [0.25, 0.3) is 10.0 Å². The Morgan fingerprint density at radius 1 is 1.18 bits per heavy atom. The molecule has 116 valence electrons. The first-order valence-corrected chi connectivity index (χ1v) is 9.38. The van der Waals surface area contributed by atoms with Gasteiger partial charge in [-0.1, -0.05) is 11.6 Å². The molecule has 0 spiro atoms. The number of carbonyl (C=O) groups excluding carboxylic acids is 1. The van der Waals surface area contributed by atoms with Crippen LogP contribution >= 0.6 is 22.9 Å². The fourth-order valence-corrected chi connectivity index (χ4v) is 5.14. The predicted octanol–water partition coefficient (Wildman–Crippen LogP) is 3.40. The summed E-state index contributed by atoms with van der Waals surface area (Å²) in [5.74, 6) is 0. The van der Waals surface area contributed by atoms with Gasteiger partial charge in [-0.3, -0.25) is 0 Å². The molecular weight excluding hydrogens is 344 g/mol. The number of nitrogens with one attached hydrogen (secondary N) is 2. The fourth-order valence-electron chi connectivity index (χ4n) is 2.41. The third-order valence-corrected chi connectivity index (χ3v) is 6.64. The normalized spacial score (nSPS) is 13.7. The van der Waals surface area contributed by atoms with Gasteiger partial charge in [0.05, 0.1) is 0 Å². The van der Waals surface area contributed by atoms with Crippen LogP contribution in [0.5, 0.6) is 0 Å². The molecule has 0 radical (unpaired) electrons. The number of thiophene rings is 1. The molecule has 0 unspecified atom stereocenters. The molecule has 8 heteroatoms. The third-order valence-electron chi connectivity index (χ3n) is 3.39. The zero-order chi connectivity index (χ0) is 15.7. The number of hydrogen-bond donors (Lipinski definition) is 2. The van der Waals surface area contributed by atoms with Crippen LogP contribution in [-0.2, 0) is 22.9 Å². The van der Waals surface area contributed by atoms with Crippen LogP contribution < -0.4 is 10.0 Å². The van der Waals surface area contributed by atoms with E-state index in [-0.39, 0.29) is 4.21 Å². The second-order valence-corrected chi connectivity index (χ2v) is 8.14. The highest BCUT2D eigenvalue weighted by Gasteiger charge is 2.27. The summed E-state index contributed by atoms with van der Waals surface area (Å²) in [6, 6.07) is 5.62. The molecule has 0 aliphatic heterocycles. The molecule has 22 heavy (non-hydrogen) atoms. The van der Waals surface area contributed by atoms with Crippen LogP contribution in [0.4, 0.5) is 10.5 Å². The van der Waals surface area contributed by atoms with Crippen LogP contribution in [0.2, 0.25) is 5.02 Å². The van der Waals surface area contributed by atoms with Crippen molar-refractivity contribution in [3.8, 4) is 0 Å². The van der Waals surface area contributed by atoms with Gasteiger partial charge >= 0.3 is 6.03 Å². The maximum atomic E-state index is 12.3. The molecule has 0 bridgehead atoms. The van der Waals surface area contributed by atoms with E-state index in [4.69, 9.17) is 11.6 Å². The van der Waals surface area contributed by atoms with Crippen molar-refractivity contribution in [1.29, 1.82) is 0 Å². The monoisotopic (exact) mass is 356 g/mol. The van der Waals surface area contributed by atoms with Crippen LogP contribution in [-0.4, -0.2) is 14.4 Å². The molecule has 2 N–H and O–H groups in total. The predicted molar refractivity (Wildman–Crippen MR) is 87.1 cm³/mol. The van der Waals surface area contributed by atoms with Crippen molar-refractivity contribution < 1.29 is 13.2 Å². The van der Waals surface area contributed by atoms with E-state index >= 15 is 0 Å². The second kappa shape index (κ2) is 5.91. The van der Waals surface area contributed by atoms with E-state index in [1.807, 2.05) is 5.38 Å². The summed E-state index contributed by atoms with van der Waals surface area (Å²) in [4.78, 5) is 11.9. The molecule has 2 amide bonds. The van der Waals surface area contributed by atoms with E-state index in [0.717, 1.165) is 41.7 Å². The molecule has 2 aromatic rings. The topological polar surface area (TPSA) is 75.3 Å². The second-order valence-electron chi connectivity index (χ2n) is 4.95. The van der Waals surface area contributed by atoms with Crippen molar-refractivity contribution in [2.75, 3.05) is 5.32 Å². The van der Waals surface area contributed by atoms with Crippen LogP contribution in [0.3, 0.4) is 0 Å². The molecule has 0 atom stereocenters. The third kappa shape index (κ3) is 3.11. The average Bonchev–Trinajstić information content (AvgIpc) is 3.02. The Morgan fingerprint density at radius 2 is 1.91 bits per heavy atom. The summed E-state index contributed by atoms with van der Waals surface area (Å²) < 4.78 is 26.9. The van der Waals surface area contributed by atoms with Gasteiger partial charge in [-0.25, -0.2) is 17.9 Å². The molecule has 1 aliphatic carbocycles. The van der Waals surface area contributed by atoms with E-state index in [0.29, 0.717) is 10.7 Å². The largest absolute Gasteiger partial charge is 0.333 e. The summed E-state index contributed by atoms with van der Waals surface area (Å²) in [6.07, 6.45) is 2.60. The number of benzene rings is 1. The van der Waals surface area contributed by atoms with Gasteiger partial charge in [-0.15, -0.1) is 11.3 Å². The van der Waals surface area contributed by atoms with Gasteiger partial charge < -0.3 is 5.32 Å². The maximum Gasteiger partial charge on any atom is 0.333 e. The number of halogens is 1. The molecule has 1 aromatic heterocycles. The Labute approximate surface area is 137 Å². The quantitative estimate of drug-likeness (QED) is 0.885. The smallest absolute Gasteiger partial charge is 0.307 e. The van der Waals surface area contributed by atoms with Gasteiger partial charge in [0.2, 0.25) is 0 Å². The molecular formula is C14H13ClN2O3S2. The Hall–Kier alpha value is -1.57. The zero-order valence-corrected chi connectivity index (χ0v) is 13.8. The Bertz CT molecular complexity index is 813. The number of rotatable bonds is 3. The minimum atomic E-state index is -3.84. The Kier molecular flexibility index (Phi) is 4.12. The SMILES string of the molecule is O=C(Nc1ccc(Cl)cc1)NS(=O)(=O)c1scc2c1CCC2. The van der Waals surface area contributed by atoms with Gasteiger partial charge in [-0.05, 0) is 60.0 Å². The van der Waals surface area contributed by atoms with Crippen molar-refractivity contribution in [1.82, 2.24) is 4.72 Å². The number of urea groups is 1. The molecule has 0 fully saturated rings. The van der Waals surface area contributed by atoms with E-state index in [9.17, 15) is 13.2 Å². The molecule has 1 aromatic carbocycles. The van der Waals surface area contributed by atoms with Crippen molar-refractivity contribution >= 4 is 44.7 Å². The highest BCUT2D eigenvalue weighted by atomic mass is 35.5. The molecule has 5 nitrogen and oxygen atoms in total. The molecule has 1 aliphatic rings. The minimum absolute atomic E-state index is 0.242. The van der Waals surface area contributed by atoms with E-state index in [1.54, 1.807) is 24.3 Å². The lowest BCUT2D eigenvalue weighted by molar-refractivity contribution is 0.256. The first-order valence-electron chi connectivity index (χ1n) is 6.64. The lowest BCUT2D eigenvalue weighted by Crippen LogP contribution is -2.34. The van der Waals surface area contributed by atoms with Crippen LogP contribution in [0.15, 0.2) is 33.9 Å². The number of carbonyl (C=O) groups is 1. The number of aryl methyl sites for hydroxylation is 1. The van der Waals surface area contributed by atoms with Gasteiger partial charge in [0.15, 0.2) is 0 Å². The van der Waals surface area contributed by atoms with Crippen LogP contribution in [0.25, 0.3) is 0 Å². The van der Waals surface area contributed by atoms with E-state index in [2.05, 4.69) is 10.0 Å². The average molecular weight is 357 g/mol. The summed E-state index contributed by atoms with van der Waals surface area (Å²) >= 11 is 6.91. The summed E-state index contributed by atoms with van der Waals surface area (Å²) in [7, 11) is -3.84. The van der Waals surface area contributed by atoms with Crippen LogP contribution in [0, 0.1) is 0 Å². The van der Waals surface area contributed by atoms with Crippen molar-refractivity contribution in [2.45, 2.75) is 23.5 Å². The molecule has 0 saturated heterocycles. The number of anilines is 1. The lowest BCUT2D eigenvalue weighted by atomic mass is 10.2. The summed E-state index contributed by atoms with van der Waals surface area (Å²) in [6.45, 7) is 0. The maximum absolute atomic E-state index is 12.3. The number of sulfonamides is 1. The highest BCUT2D eigenvalue weighted by molar-refractivity contribution is 7.92. The first kappa shape index (κ1) is 15.3. The zero-order valence-electron chi connectivity index (χ0n) is 11.4. The van der Waals surface area contributed by atoms with Gasteiger partial charge in [0, 0.05) is 10.7 Å². The first-order chi connectivity index (χ1) is 10.5. The Balaban J connectivity index is 1.73. The molecule has 0 saturated carbocycles. The van der Waals surface area contributed by atoms with Crippen LogP contribution in [0.1, 0.15) is 17.5 Å². The van der Waals surface area contributed by atoms with Crippen molar-refractivity contribution in [3.63, 3.8) is 0 Å². The molecule has 3 rings (SSSR count). The highest BCUT2D eigenvalue weighted by Crippen LogP contribution is 2.33. The standard InChI is InChI=1S/C14H13ClN2O3S2/c15-10-4-6-11(7-5-10)16-14(18)17-22(19,20)13-12-3-1-2-9(12)8-21-13/h4-8H,1-3H2,(H2,16,17,18). The van der Waals surface area contributed by atoms with Crippen molar-refractivity contribution in [3.05, 3.63) is 45.8 Å². The Morgan fingerprint density at radius 3 is 2.64 bits per heavy atom. The van der Waals surface area contributed by atoms with Crippen molar-refractivity contribution in [2.24, 2.45) is 0 Å². The van der Waals surface area contributed by atoms with Gasteiger partial charge in [-0.2, -0.15) is 0 Å². The number of amides is 2. The number of fused-ring (bicyclic) bond motifs is 1.